The molecule has 2 heteroatoms. The molecule has 0 amide bonds. The van der Waals surface area contributed by atoms with Crippen LogP contribution in [0.4, 0.5) is 0 Å². The maximum absolute atomic E-state index is 6.60. The van der Waals surface area contributed by atoms with Gasteiger partial charge in [-0.25, -0.2) is 0 Å². The van der Waals surface area contributed by atoms with Crippen LogP contribution in [0.1, 0.15) is 49.9 Å². The summed E-state index contributed by atoms with van der Waals surface area (Å²) >= 11 is 0. The minimum Gasteiger partial charge on any atom is -0.455 e. The second-order valence-electron chi connectivity index (χ2n) is 31.1. The van der Waals surface area contributed by atoms with Gasteiger partial charge in [0.05, 0.1) is 0 Å². The standard InChI is InChI=1S/C57H38O.C51H34O/c1-57(2)49-26-13-23-41(54(49)55-40-17-4-3-14-35(40)32-33-50(55)57)36-28-30-37(31-29-36)52-44-19-5-7-21-46(44)53(47-22-8-6-20-45(47)52)39-16-11-15-38(34-39)42-24-12-25-48-43-18-9-10-27-51(43)58-56(42)48;1-51(2)43-23-12-20-35(48(43)49-34-14-4-3-13-31(34)29-30-44(49)51)32-25-27-33(28-26-32)46-37-16-5-7-18-39(37)47(40-19-8-6-17-38(40)46)42-22-11-21-41-36-15-9-10-24-45(36)52-50(41)42/h3-34H,1-2H3;3-30H,1-2H3. The van der Waals surface area contributed by atoms with E-state index in [1.54, 1.807) is 0 Å². The summed E-state index contributed by atoms with van der Waals surface area (Å²) < 4.78 is 13.1. The molecule has 2 aliphatic carbocycles. The van der Waals surface area contributed by atoms with Crippen LogP contribution >= 0.6 is 0 Å². The predicted octanol–water partition coefficient (Wildman–Crippen LogP) is 30.4. The summed E-state index contributed by atoms with van der Waals surface area (Å²) in [5.41, 5.74) is 31.6. The Labute approximate surface area is 638 Å². The molecule has 2 heterocycles. The summed E-state index contributed by atoms with van der Waals surface area (Å²) in [6.07, 6.45) is 0. The van der Waals surface area contributed by atoms with Crippen molar-refractivity contribution in [3.05, 3.63) is 386 Å². The van der Waals surface area contributed by atoms with Crippen LogP contribution in [0.3, 0.4) is 0 Å². The molecule has 2 nitrogen and oxygen atoms in total. The van der Waals surface area contributed by atoms with E-state index in [0.717, 1.165) is 60.6 Å². The summed E-state index contributed by atoms with van der Waals surface area (Å²) in [5, 5.41) is 19.7. The van der Waals surface area contributed by atoms with Gasteiger partial charge in [0.25, 0.3) is 0 Å². The third-order valence-electron chi connectivity index (χ3n) is 24.6. The van der Waals surface area contributed by atoms with Gasteiger partial charge in [-0.05, 0) is 189 Å². The molecule has 19 aromatic carbocycles. The number of fused-ring (bicyclic) bond motifs is 20. The number of rotatable bonds is 7. The van der Waals surface area contributed by atoms with Gasteiger partial charge >= 0.3 is 0 Å². The zero-order valence-electron chi connectivity index (χ0n) is 61.5. The van der Waals surface area contributed by atoms with Crippen molar-refractivity contribution in [1.82, 2.24) is 0 Å². The lowest BCUT2D eigenvalue weighted by Crippen LogP contribution is -2.14. The van der Waals surface area contributed by atoms with E-state index in [1.807, 2.05) is 12.1 Å². The summed E-state index contributed by atoms with van der Waals surface area (Å²) in [5.74, 6) is 0. The van der Waals surface area contributed by atoms with Gasteiger partial charge in [-0.3, -0.25) is 0 Å². The SMILES string of the molecule is CC1(C)c2cccc(-c3ccc(-c4c5ccccc5c(-c5cccc(-c6cccc7c6oc6ccccc67)c5)c5ccccc45)cc3)c2-c2c1ccc1ccccc21.CC1(C)c2cccc(-c3ccc(-c4c5ccccc5c(-c5cccc6c5oc5ccccc56)c5ccccc45)cc3)c2-c2c1ccc1ccccc21. The number of para-hydroxylation sites is 4. The van der Waals surface area contributed by atoms with E-state index in [0.29, 0.717) is 0 Å². The van der Waals surface area contributed by atoms with Gasteiger partial charge in [-0.1, -0.05) is 373 Å². The minimum absolute atomic E-state index is 0.0725. The molecular formula is C108H72O2. The first-order valence-electron chi connectivity index (χ1n) is 38.4. The van der Waals surface area contributed by atoms with Gasteiger partial charge in [0.2, 0.25) is 0 Å². The summed E-state index contributed by atoms with van der Waals surface area (Å²) in [7, 11) is 0. The summed E-state index contributed by atoms with van der Waals surface area (Å²) in [6, 6.07) is 134. The number of hydrogen-bond acceptors (Lipinski definition) is 2. The van der Waals surface area contributed by atoms with Crippen molar-refractivity contribution in [1.29, 1.82) is 0 Å². The van der Waals surface area contributed by atoms with Crippen molar-refractivity contribution in [2.45, 2.75) is 38.5 Å². The fraction of sp³-hybridized carbons (Fsp3) is 0.0556. The average molecular weight is 1400 g/mol. The normalized spacial score (nSPS) is 13.2. The van der Waals surface area contributed by atoms with Crippen LogP contribution in [0.25, 0.3) is 209 Å². The van der Waals surface area contributed by atoms with Gasteiger partial charge in [0.15, 0.2) is 0 Å². The van der Waals surface area contributed by atoms with E-state index in [-0.39, 0.29) is 10.8 Å². The van der Waals surface area contributed by atoms with Crippen molar-refractivity contribution in [2.24, 2.45) is 0 Å². The maximum atomic E-state index is 6.60. The molecule has 0 atom stereocenters. The summed E-state index contributed by atoms with van der Waals surface area (Å²) in [6.45, 7) is 9.48. The molecular weight excluding hydrogens is 1330 g/mol. The van der Waals surface area contributed by atoms with E-state index >= 15 is 0 Å². The van der Waals surface area contributed by atoms with Crippen LogP contribution in [-0.2, 0) is 10.8 Å². The fourth-order valence-electron chi connectivity index (χ4n) is 19.5. The molecule has 21 aromatic rings. The quantitative estimate of drug-likeness (QED) is 0.149. The first-order chi connectivity index (χ1) is 54.1. The van der Waals surface area contributed by atoms with Gasteiger partial charge in [-0.2, -0.15) is 0 Å². The first kappa shape index (κ1) is 63.6. The highest BCUT2D eigenvalue weighted by molar-refractivity contribution is 6.26. The molecule has 2 aromatic heterocycles. The van der Waals surface area contributed by atoms with Crippen molar-refractivity contribution in [3.8, 4) is 100 Å². The molecule has 0 saturated heterocycles. The Kier molecular flexibility index (Phi) is 14.1. The van der Waals surface area contributed by atoms with Crippen molar-refractivity contribution >= 4 is 109 Å². The Morgan fingerprint density at radius 2 is 0.473 bits per heavy atom. The molecule has 110 heavy (non-hydrogen) atoms. The Morgan fingerprint density at radius 3 is 0.909 bits per heavy atom. The highest BCUT2D eigenvalue weighted by Crippen LogP contribution is 2.58. The predicted molar refractivity (Wildman–Crippen MR) is 466 cm³/mol. The maximum Gasteiger partial charge on any atom is 0.143 e. The van der Waals surface area contributed by atoms with E-state index in [9.17, 15) is 0 Å². The van der Waals surface area contributed by atoms with E-state index in [1.165, 1.54) is 170 Å². The molecule has 2 aliphatic rings. The summed E-state index contributed by atoms with van der Waals surface area (Å²) in [4.78, 5) is 0. The smallest absolute Gasteiger partial charge is 0.143 e. The van der Waals surface area contributed by atoms with Crippen LogP contribution in [0.2, 0.25) is 0 Å². The first-order valence-corrected chi connectivity index (χ1v) is 38.4. The third-order valence-corrected chi connectivity index (χ3v) is 24.6. The third kappa shape index (κ3) is 9.49. The number of hydrogen-bond donors (Lipinski definition) is 0. The lowest BCUT2D eigenvalue weighted by atomic mass is 9.81. The van der Waals surface area contributed by atoms with Crippen molar-refractivity contribution in [2.75, 3.05) is 0 Å². The monoisotopic (exact) mass is 1400 g/mol. The highest BCUT2D eigenvalue weighted by Gasteiger charge is 2.40. The molecule has 0 unspecified atom stereocenters. The van der Waals surface area contributed by atoms with Crippen LogP contribution < -0.4 is 0 Å². The second kappa shape index (κ2) is 24.4. The number of benzene rings is 19. The van der Waals surface area contributed by atoms with Gasteiger partial charge in [-0.15, -0.1) is 0 Å². The lowest BCUT2D eigenvalue weighted by Gasteiger charge is -2.22. The average Bonchev–Trinajstić information content (AvgIpc) is 1.66. The molecule has 0 spiro atoms. The van der Waals surface area contributed by atoms with Crippen molar-refractivity contribution < 1.29 is 8.83 Å². The van der Waals surface area contributed by atoms with Crippen LogP contribution in [0.5, 0.6) is 0 Å². The van der Waals surface area contributed by atoms with E-state index < -0.39 is 0 Å². The zero-order chi connectivity index (χ0) is 73.1. The van der Waals surface area contributed by atoms with Crippen molar-refractivity contribution in [3.63, 3.8) is 0 Å². The number of furan rings is 2. The molecule has 516 valence electrons. The zero-order valence-corrected chi connectivity index (χ0v) is 61.5. The molecule has 0 saturated carbocycles. The topological polar surface area (TPSA) is 26.3 Å². The van der Waals surface area contributed by atoms with E-state index in [4.69, 9.17) is 8.83 Å². The van der Waals surface area contributed by atoms with Gasteiger partial charge in [0.1, 0.15) is 22.3 Å². The minimum atomic E-state index is -0.0789. The highest BCUT2D eigenvalue weighted by atomic mass is 16.3. The Hall–Kier alpha value is -13.7. The Bertz CT molecular complexity index is 7330. The fourth-order valence-corrected chi connectivity index (χ4v) is 19.5. The van der Waals surface area contributed by atoms with Crippen LogP contribution in [-0.4, -0.2) is 0 Å². The van der Waals surface area contributed by atoms with Gasteiger partial charge in [0, 0.05) is 49.1 Å². The molecule has 23 rings (SSSR count). The van der Waals surface area contributed by atoms with Crippen LogP contribution in [0.15, 0.2) is 373 Å². The van der Waals surface area contributed by atoms with Gasteiger partial charge < -0.3 is 8.83 Å². The van der Waals surface area contributed by atoms with Crippen LogP contribution in [0, 0.1) is 0 Å². The van der Waals surface area contributed by atoms with E-state index in [2.05, 4.69) is 380 Å². The molecule has 0 N–H and O–H groups in total. The largest absolute Gasteiger partial charge is 0.455 e. The second-order valence-corrected chi connectivity index (χ2v) is 31.1. The Morgan fingerprint density at radius 1 is 0.173 bits per heavy atom. The Balaban J connectivity index is 0.000000136. The molecule has 0 bridgehead atoms. The molecule has 0 fully saturated rings. The molecule has 0 radical (unpaired) electrons. The molecule has 0 aliphatic heterocycles. The lowest BCUT2D eigenvalue weighted by molar-refractivity contribution is 0.661.